The van der Waals surface area contributed by atoms with Gasteiger partial charge in [-0.25, -0.2) is 17.2 Å². The standard InChI is InChI=1S/C10H20F2O2S/c1-5-10(11,12)7-6-8-15(13,14)9(2,3)4/h5-8H2,1-4H3. The van der Waals surface area contributed by atoms with Crippen molar-refractivity contribution in [2.75, 3.05) is 5.75 Å². The van der Waals surface area contributed by atoms with E-state index in [2.05, 4.69) is 0 Å². The lowest BCUT2D eigenvalue weighted by Crippen LogP contribution is -2.31. The fraction of sp³-hybridized carbons (Fsp3) is 1.00. The fourth-order valence-corrected chi connectivity index (χ4v) is 2.14. The lowest BCUT2D eigenvalue weighted by Gasteiger charge is -2.20. The van der Waals surface area contributed by atoms with Crippen molar-refractivity contribution < 1.29 is 17.2 Å². The summed E-state index contributed by atoms with van der Waals surface area (Å²) in [5, 5.41) is 0. The first-order chi connectivity index (χ1) is 6.52. The van der Waals surface area contributed by atoms with E-state index >= 15 is 0 Å². The number of hydrogen-bond acceptors (Lipinski definition) is 2. The number of halogens is 2. The van der Waals surface area contributed by atoms with Gasteiger partial charge in [-0.15, -0.1) is 0 Å². The van der Waals surface area contributed by atoms with Crippen LogP contribution in [-0.4, -0.2) is 24.8 Å². The van der Waals surface area contributed by atoms with E-state index in [0.29, 0.717) is 0 Å². The molecule has 0 aliphatic rings. The van der Waals surface area contributed by atoms with Crippen LogP contribution >= 0.6 is 0 Å². The Kier molecular flexibility index (Phi) is 4.70. The molecular formula is C10H20F2O2S. The van der Waals surface area contributed by atoms with Gasteiger partial charge in [0.2, 0.25) is 5.92 Å². The highest BCUT2D eigenvalue weighted by Crippen LogP contribution is 2.25. The monoisotopic (exact) mass is 242 g/mol. The Balaban J connectivity index is 4.20. The molecule has 2 nitrogen and oxygen atoms in total. The maximum absolute atomic E-state index is 12.8. The van der Waals surface area contributed by atoms with Gasteiger partial charge in [-0.2, -0.15) is 0 Å². The smallest absolute Gasteiger partial charge is 0.228 e. The summed E-state index contributed by atoms with van der Waals surface area (Å²) in [7, 11) is -3.26. The third kappa shape index (κ3) is 4.91. The molecular weight excluding hydrogens is 222 g/mol. The normalized spacial score (nSPS) is 14.3. The van der Waals surface area contributed by atoms with E-state index in [-0.39, 0.29) is 25.0 Å². The molecule has 0 aromatic rings. The SMILES string of the molecule is CCC(F)(F)CCCS(=O)(=O)C(C)(C)C. The number of alkyl halides is 2. The first-order valence-electron chi connectivity index (χ1n) is 5.12. The molecule has 0 aliphatic carbocycles. The van der Waals surface area contributed by atoms with E-state index in [1.54, 1.807) is 20.8 Å². The van der Waals surface area contributed by atoms with Crippen LogP contribution in [0.1, 0.15) is 47.0 Å². The number of sulfone groups is 1. The Morgan fingerprint density at radius 3 is 1.93 bits per heavy atom. The molecule has 0 saturated heterocycles. The van der Waals surface area contributed by atoms with Crippen LogP contribution in [0, 0.1) is 0 Å². The maximum atomic E-state index is 12.8. The van der Waals surface area contributed by atoms with Gasteiger partial charge in [0, 0.05) is 12.8 Å². The molecule has 0 bridgehead atoms. The summed E-state index contributed by atoms with van der Waals surface area (Å²) in [6, 6.07) is 0. The molecule has 0 aliphatic heterocycles. The van der Waals surface area contributed by atoms with Gasteiger partial charge >= 0.3 is 0 Å². The van der Waals surface area contributed by atoms with Crippen LogP contribution in [0.15, 0.2) is 0 Å². The molecule has 0 fully saturated rings. The molecule has 0 aromatic heterocycles. The van der Waals surface area contributed by atoms with E-state index in [1.165, 1.54) is 6.92 Å². The van der Waals surface area contributed by atoms with Crippen LogP contribution in [0.5, 0.6) is 0 Å². The Bertz CT molecular complexity index is 289. The molecule has 15 heavy (non-hydrogen) atoms. The minimum atomic E-state index is -3.26. The topological polar surface area (TPSA) is 34.1 Å². The number of hydrogen-bond donors (Lipinski definition) is 0. The largest absolute Gasteiger partial charge is 0.247 e. The minimum Gasteiger partial charge on any atom is -0.228 e. The number of rotatable bonds is 5. The van der Waals surface area contributed by atoms with Gasteiger partial charge in [-0.3, -0.25) is 0 Å². The first-order valence-corrected chi connectivity index (χ1v) is 6.77. The van der Waals surface area contributed by atoms with Crippen molar-refractivity contribution in [2.24, 2.45) is 0 Å². The molecule has 0 N–H and O–H groups in total. The van der Waals surface area contributed by atoms with Gasteiger partial charge in [-0.05, 0) is 27.2 Å². The van der Waals surface area contributed by atoms with Crippen LogP contribution in [0.2, 0.25) is 0 Å². The minimum absolute atomic E-state index is 0.0282. The van der Waals surface area contributed by atoms with Crippen molar-refractivity contribution in [3.63, 3.8) is 0 Å². The molecule has 0 aromatic carbocycles. The highest BCUT2D eigenvalue weighted by atomic mass is 32.2. The zero-order chi connectivity index (χ0) is 12.3. The van der Waals surface area contributed by atoms with Gasteiger partial charge in [0.15, 0.2) is 9.84 Å². The summed E-state index contributed by atoms with van der Waals surface area (Å²) in [6.45, 7) is 6.15. The Morgan fingerprint density at radius 1 is 1.13 bits per heavy atom. The van der Waals surface area contributed by atoms with Crippen LogP contribution in [0.3, 0.4) is 0 Å². The van der Waals surface area contributed by atoms with Crippen LogP contribution in [0.4, 0.5) is 8.78 Å². The molecule has 0 heterocycles. The van der Waals surface area contributed by atoms with Gasteiger partial charge < -0.3 is 0 Å². The lowest BCUT2D eigenvalue weighted by molar-refractivity contribution is -0.0117. The fourth-order valence-electron chi connectivity index (χ4n) is 1.00. The first kappa shape index (κ1) is 14.8. The zero-order valence-corrected chi connectivity index (χ0v) is 10.6. The molecule has 0 rings (SSSR count). The van der Waals surface area contributed by atoms with E-state index in [9.17, 15) is 17.2 Å². The Hall–Kier alpha value is -0.190. The molecule has 0 radical (unpaired) electrons. The summed E-state index contributed by atoms with van der Waals surface area (Å²) in [5.41, 5.74) is 0. The maximum Gasteiger partial charge on any atom is 0.247 e. The van der Waals surface area contributed by atoms with Gasteiger partial charge in [0.25, 0.3) is 0 Å². The molecule has 0 unspecified atom stereocenters. The third-order valence-electron chi connectivity index (χ3n) is 2.41. The third-order valence-corrected chi connectivity index (χ3v) is 5.10. The summed E-state index contributed by atoms with van der Waals surface area (Å²) >= 11 is 0. The van der Waals surface area contributed by atoms with Gasteiger partial charge in [0.05, 0.1) is 10.5 Å². The Labute approximate surface area is 91.0 Å². The van der Waals surface area contributed by atoms with Crippen LogP contribution in [0.25, 0.3) is 0 Å². The van der Waals surface area contributed by atoms with Crippen molar-refractivity contribution >= 4 is 9.84 Å². The van der Waals surface area contributed by atoms with Crippen molar-refractivity contribution in [2.45, 2.75) is 57.6 Å². The van der Waals surface area contributed by atoms with Crippen LogP contribution in [-0.2, 0) is 9.84 Å². The van der Waals surface area contributed by atoms with Crippen molar-refractivity contribution in [3.8, 4) is 0 Å². The van der Waals surface area contributed by atoms with Gasteiger partial charge in [0.1, 0.15) is 0 Å². The second kappa shape index (κ2) is 4.76. The lowest BCUT2D eigenvalue weighted by atomic mass is 10.1. The quantitative estimate of drug-likeness (QED) is 0.742. The molecule has 5 heteroatoms. The zero-order valence-electron chi connectivity index (χ0n) is 9.81. The van der Waals surface area contributed by atoms with Crippen molar-refractivity contribution in [1.82, 2.24) is 0 Å². The highest BCUT2D eigenvalue weighted by Gasteiger charge is 2.31. The summed E-state index contributed by atoms with van der Waals surface area (Å²) in [5.74, 6) is -2.89. The second-order valence-corrected chi connectivity index (χ2v) is 7.61. The highest BCUT2D eigenvalue weighted by molar-refractivity contribution is 7.92. The van der Waals surface area contributed by atoms with Gasteiger partial charge in [-0.1, -0.05) is 6.92 Å². The average Bonchev–Trinajstić information content (AvgIpc) is 2.01. The summed E-state index contributed by atoms with van der Waals surface area (Å²) < 4.78 is 48.0. The van der Waals surface area contributed by atoms with E-state index in [1.807, 2.05) is 0 Å². The van der Waals surface area contributed by atoms with E-state index < -0.39 is 20.5 Å². The van der Waals surface area contributed by atoms with E-state index in [0.717, 1.165) is 0 Å². The summed E-state index contributed by atoms with van der Waals surface area (Å²) in [6.07, 6.45) is -0.554. The predicted octanol–water partition coefficient (Wildman–Crippen LogP) is 3.03. The van der Waals surface area contributed by atoms with Crippen molar-refractivity contribution in [1.29, 1.82) is 0 Å². The summed E-state index contributed by atoms with van der Waals surface area (Å²) in [4.78, 5) is 0. The molecule has 0 amide bonds. The molecule has 0 atom stereocenters. The Morgan fingerprint density at radius 2 is 1.60 bits per heavy atom. The average molecular weight is 242 g/mol. The second-order valence-electron chi connectivity index (χ2n) is 4.74. The molecule has 0 saturated carbocycles. The molecule has 92 valence electrons. The van der Waals surface area contributed by atoms with E-state index in [4.69, 9.17) is 0 Å². The van der Waals surface area contributed by atoms with Crippen molar-refractivity contribution in [3.05, 3.63) is 0 Å². The van der Waals surface area contributed by atoms with Crippen LogP contribution < -0.4 is 0 Å². The molecule has 0 spiro atoms. The predicted molar refractivity (Wildman–Crippen MR) is 58.0 cm³/mol.